The summed E-state index contributed by atoms with van der Waals surface area (Å²) >= 11 is 0. The minimum Gasteiger partial charge on any atom is -0.508 e. The number of rotatable bonds is 3. The lowest BCUT2D eigenvalue weighted by atomic mass is 9.91. The molecule has 2 rings (SSSR count). The second-order valence-corrected chi connectivity index (χ2v) is 5.61. The molecule has 6 nitrogen and oxygen atoms in total. The van der Waals surface area contributed by atoms with E-state index in [1.54, 1.807) is 29.2 Å². The van der Waals surface area contributed by atoms with Crippen LogP contribution in [0.5, 0.6) is 5.75 Å². The minimum atomic E-state index is -0.854. The minimum absolute atomic E-state index is 0.152. The zero-order valence-electron chi connectivity index (χ0n) is 12.0. The van der Waals surface area contributed by atoms with Gasteiger partial charge in [0.15, 0.2) is 0 Å². The summed E-state index contributed by atoms with van der Waals surface area (Å²) in [6, 6.07) is 6.39. The number of carboxylic acid groups (broad SMARTS) is 1. The molecule has 0 radical (unpaired) electrons. The molecule has 0 spiro atoms. The van der Waals surface area contributed by atoms with Gasteiger partial charge in [-0.05, 0) is 30.0 Å². The molecule has 0 bridgehead atoms. The van der Waals surface area contributed by atoms with Gasteiger partial charge in [-0.15, -0.1) is 0 Å². The Kier molecular flexibility index (Phi) is 4.67. The predicted molar refractivity (Wildman–Crippen MR) is 76.8 cm³/mol. The van der Waals surface area contributed by atoms with Crippen molar-refractivity contribution in [1.29, 1.82) is 0 Å². The van der Waals surface area contributed by atoms with Crippen LogP contribution in [0.15, 0.2) is 24.3 Å². The maximum Gasteiger partial charge on any atom is 0.317 e. The highest BCUT2D eigenvalue weighted by Gasteiger charge is 2.31. The van der Waals surface area contributed by atoms with Crippen LogP contribution >= 0.6 is 0 Å². The first-order valence-corrected chi connectivity index (χ1v) is 6.99. The number of carboxylic acids is 1. The van der Waals surface area contributed by atoms with Crippen LogP contribution in [0.2, 0.25) is 0 Å². The van der Waals surface area contributed by atoms with E-state index in [2.05, 4.69) is 5.32 Å². The highest BCUT2D eigenvalue weighted by atomic mass is 16.4. The zero-order chi connectivity index (χ0) is 15.4. The van der Waals surface area contributed by atoms with Crippen LogP contribution in [0, 0.1) is 11.8 Å². The van der Waals surface area contributed by atoms with E-state index in [4.69, 9.17) is 5.11 Å². The van der Waals surface area contributed by atoms with E-state index < -0.39 is 11.9 Å². The van der Waals surface area contributed by atoms with Gasteiger partial charge in [0.25, 0.3) is 0 Å². The molecule has 0 aromatic heterocycles. The molecule has 1 aliphatic rings. The zero-order valence-corrected chi connectivity index (χ0v) is 12.0. The molecule has 1 aromatic rings. The molecule has 0 saturated carbocycles. The van der Waals surface area contributed by atoms with Gasteiger partial charge in [0.05, 0.1) is 5.92 Å². The molecule has 6 heteroatoms. The number of carbonyl (C=O) groups excluding carboxylic acids is 1. The van der Waals surface area contributed by atoms with E-state index in [1.165, 1.54) is 0 Å². The first kappa shape index (κ1) is 15.2. The van der Waals surface area contributed by atoms with Gasteiger partial charge in [-0.2, -0.15) is 0 Å². The fourth-order valence-electron chi connectivity index (χ4n) is 2.65. The summed E-state index contributed by atoms with van der Waals surface area (Å²) in [5.74, 6) is -1.03. The Morgan fingerprint density at radius 2 is 2.14 bits per heavy atom. The first-order chi connectivity index (χ1) is 9.95. The molecule has 3 N–H and O–H groups in total. The second kappa shape index (κ2) is 6.47. The molecule has 2 amide bonds. The number of hydrogen-bond acceptors (Lipinski definition) is 3. The number of urea groups is 1. The van der Waals surface area contributed by atoms with E-state index in [9.17, 15) is 14.7 Å². The van der Waals surface area contributed by atoms with Crippen molar-refractivity contribution in [2.75, 3.05) is 13.1 Å². The highest BCUT2D eigenvalue weighted by molar-refractivity contribution is 5.76. The van der Waals surface area contributed by atoms with Gasteiger partial charge in [-0.1, -0.05) is 19.1 Å². The van der Waals surface area contributed by atoms with Crippen LogP contribution in [-0.4, -0.2) is 40.2 Å². The van der Waals surface area contributed by atoms with E-state index in [1.807, 2.05) is 6.92 Å². The monoisotopic (exact) mass is 292 g/mol. The molecular weight excluding hydrogens is 272 g/mol. The number of carbonyl (C=O) groups is 2. The van der Waals surface area contributed by atoms with Crippen LogP contribution in [0.1, 0.15) is 18.9 Å². The van der Waals surface area contributed by atoms with Crippen LogP contribution < -0.4 is 5.32 Å². The van der Waals surface area contributed by atoms with Crippen molar-refractivity contribution in [2.24, 2.45) is 11.8 Å². The van der Waals surface area contributed by atoms with Crippen molar-refractivity contribution < 1.29 is 19.8 Å². The van der Waals surface area contributed by atoms with Crippen molar-refractivity contribution in [1.82, 2.24) is 10.2 Å². The van der Waals surface area contributed by atoms with Gasteiger partial charge >= 0.3 is 12.0 Å². The lowest BCUT2D eigenvalue weighted by Crippen LogP contribution is -2.49. The van der Waals surface area contributed by atoms with Gasteiger partial charge in [-0.3, -0.25) is 4.79 Å². The van der Waals surface area contributed by atoms with Crippen molar-refractivity contribution in [2.45, 2.75) is 19.9 Å². The number of benzene rings is 1. The molecule has 2 unspecified atom stereocenters. The Bertz CT molecular complexity index is 532. The number of nitrogens with one attached hydrogen (secondary N) is 1. The molecule has 114 valence electrons. The number of amides is 2. The average Bonchev–Trinajstić information content (AvgIpc) is 2.44. The summed E-state index contributed by atoms with van der Waals surface area (Å²) in [7, 11) is 0. The molecule has 1 aromatic carbocycles. The Morgan fingerprint density at radius 3 is 2.81 bits per heavy atom. The van der Waals surface area contributed by atoms with E-state index in [0.29, 0.717) is 19.5 Å². The van der Waals surface area contributed by atoms with Crippen LogP contribution in [0.3, 0.4) is 0 Å². The number of nitrogens with zero attached hydrogens (tertiary/aromatic N) is 1. The SMILES string of the molecule is CC1CC(C(=O)O)CN(C(=O)NCc2cccc(O)c2)C1. The fourth-order valence-corrected chi connectivity index (χ4v) is 2.65. The third kappa shape index (κ3) is 4.11. The molecule has 1 aliphatic heterocycles. The van der Waals surface area contributed by atoms with Gasteiger partial charge in [-0.25, -0.2) is 4.79 Å². The normalized spacial score (nSPS) is 21.9. The summed E-state index contributed by atoms with van der Waals surface area (Å²) in [5.41, 5.74) is 0.795. The predicted octanol–water partition coefficient (Wildman–Crippen LogP) is 1.64. The average molecular weight is 292 g/mol. The van der Waals surface area contributed by atoms with Gasteiger partial charge in [0, 0.05) is 19.6 Å². The van der Waals surface area contributed by atoms with Gasteiger partial charge < -0.3 is 20.4 Å². The van der Waals surface area contributed by atoms with Crippen LogP contribution in [0.25, 0.3) is 0 Å². The van der Waals surface area contributed by atoms with E-state index in [0.717, 1.165) is 5.56 Å². The largest absolute Gasteiger partial charge is 0.508 e. The number of aromatic hydroxyl groups is 1. The number of hydrogen-bond donors (Lipinski definition) is 3. The Hall–Kier alpha value is -2.24. The molecule has 21 heavy (non-hydrogen) atoms. The lowest BCUT2D eigenvalue weighted by Gasteiger charge is -2.34. The Balaban J connectivity index is 1.92. The molecule has 0 aliphatic carbocycles. The van der Waals surface area contributed by atoms with Crippen molar-refractivity contribution in [3.63, 3.8) is 0 Å². The standard InChI is InChI=1S/C15H20N2O4/c1-10-5-12(14(19)20)9-17(8-10)15(21)16-7-11-3-2-4-13(18)6-11/h2-4,6,10,12,18H,5,7-9H2,1H3,(H,16,21)(H,19,20). The third-order valence-electron chi connectivity index (χ3n) is 3.65. The number of likely N-dealkylation sites (tertiary alicyclic amines) is 1. The highest BCUT2D eigenvalue weighted by Crippen LogP contribution is 2.21. The van der Waals surface area contributed by atoms with Crippen molar-refractivity contribution in [3.8, 4) is 5.75 Å². The summed E-state index contributed by atoms with van der Waals surface area (Å²) in [6.45, 7) is 3.06. The van der Waals surface area contributed by atoms with Crippen molar-refractivity contribution in [3.05, 3.63) is 29.8 Å². The number of phenols is 1. The Morgan fingerprint density at radius 1 is 1.38 bits per heavy atom. The molecule has 1 saturated heterocycles. The topological polar surface area (TPSA) is 89.9 Å². The smallest absolute Gasteiger partial charge is 0.317 e. The van der Waals surface area contributed by atoms with Gasteiger partial charge in [0.1, 0.15) is 5.75 Å². The maximum atomic E-state index is 12.1. The summed E-state index contributed by atoms with van der Waals surface area (Å²) in [5, 5.41) is 21.2. The lowest BCUT2D eigenvalue weighted by molar-refractivity contribution is -0.143. The number of aliphatic carboxylic acids is 1. The van der Waals surface area contributed by atoms with Crippen LogP contribution in [0.4, 0.5) is 4.79 Å². The van der Waals surface area contributed by atoms with Crippen LogP contribution in [-0.2, 0) is 11.3 Å². The summed E-state index contributed by atoms with van der Waals surface area (Å²) in [4.78, 5) is 24.8. The molecule has 2 atom stereocenters. The van der Waals surface area contributed by atoms with E-state index in [-0.39, 0.29) is 24.2 Å². The third-order valence-corrected chi connectivity index (χ3v) is 3.65. The summed E-state index contributed by atoms with van der Waals surface area (Å²) in [6.07, 6.45) is 0.603. The summed E-state index contributed by atoms with van der Waals surface area (Å²) < 4.78 is 0. The quantitative estimate of drug-likeness (QED) is 0.790. The number of phenolic OH excluding ortho intramolecular Hbond substituents is 1. The molecular formula is C15H20N2O4. The van der Waals surface area contributed by atoms with Crippen molar-refractivity contribution >= 4 is 12.0 Å². The number of piperidine rings is 1. The Labute approximate surface area is 123 Å². The first-order valence-electron chi connectivity index (χ1n) is 6.99. The van der Waals surface area contributed by atoms with E-state index >= 15 is 0 Å². The maximum absolute atomic E-state index is 12.1. The van der Waals surface area contributed by atoms with Gasteiger partial charge in [0.2, 0.25) is 0 Å². The molecule has 1 heterocycles. The second-order valence-electron chi connectivity index (χ2n) is 5.61. The fraction of sp³-hybridized carbons (Fsp3) is 0.467. The molecule has 1 fully saturated rings.